The van der Waals surface area contributed by atoms with E-state index in [-0.39, 0.29) is 25.3 Å². The third-order valence-corrected chi connectivity index (χ3v) is 4.58. The lowest BCUT2D eigenvalue weighted by Crippen LogP contribution is -2.54. The quantitative estimate of drug-likeness (QED) is 0.165. The normalized spacial score (nSPS) is 13.8. The Balaban J connectivity index is 2.62. The Morgan fingerprint density at radius 2 is 1.87 bits per heavy atom. The van der Waals surface area contributed by atoms with E-state index in [1.54, 1.807) is 20.0 Å². The molecule has 31 heavy (non-hydrogen) atoms. The maximum absolute atomic E-state index is 12.6. The van der Waals surface area contributed by atoms with Crippen molar-refractivity contribution >= 4 is 23.7 Å². The summed E-state index contributed by atoms with van der Waals surface area (Å²) in [6.45, 7) is 3.39. The molecular weight excluding hydrogens is 406 g/mol. The second-order valence-electron chi connectivity index (χ2n) is 7.58. The van der Waals surface area contributed by atoms with Gasteiger partial charge in [0, 0.05) is 18.3 Å². The molecule has 3 atom stereocenters. The number of unbranched alkanes of at least 4 members (excludes halogenated alkanes) is 1. The van der Waals surface area contributed by atoms with E-state index in [0.29, 0.717) is 25.1 Å². The van der Waals surface area contributed by atoms with Gasteiger partial charge in [-0.15, -0.1) is 0 Å². The number of aromatic nitrogens is 2. The molecule has 0 aromatic carbocycles. The first kappa shape index (κ1) is 26.0. The van der Waals surface area contributed by atoms with Gasteiger partial charge >= 0.3 is 5.97 Å². The molecule has 0 aliphatic carbocycles. The predicted octanol–water partition coefficient (Wildman–Crippen LogP) is -1.77. The van der Waals surface area contributed by atoms with Crippen molar-refractivity contribution in [3.8, 4) is 0 Å². The summed E-state index contributed by atoms with van der Waals surface area (Å²) in [5.74, 6) is -3.22. The molecule has 12 nitrogen and oxygen atoms in total. The van der Waals surface area contributed by atoms with E-state index in [1.807, 2.05) is 0 Å². The second-order valence-corrected chi connectivity index (χ2v) is 7.58. The monoisotopic (exact) mass is 439 g/mol. The number of nitrogens with zero attached hydrogens (tertiary/aromatic N) is 1. The van der Waals surface area contributed by atoms with Gasteiger partial charge in [0.25, 0.3) is 0 Å². The fraction of sp³-hybridized carbons (Fsp3) is 0.632. The van der Waals surface area contributed by atoms with Crippen LogP contribution in [0.15, 0.2) is 12.5 Å². The van der Waals surface area contributed by atoms with Crippen LogP contribution in [-0.2, 0) is 25.6 Å². The number of carbonyl (C=O) groups is 4. The number of hydrogen-bond acceptors (Lipinski definition) is 7. The molecule has 9 N–H and O–H groups in total. The third-order valence-electron chi connectivity index (χ3n) is 4.58. The van der Waals surface area contributed by atoms with Crippen LogP contribution >= 0.6 is 0 Å². The van der Waals surface area contributed by atoms with Crippen molar-refractivity contribution in [1.29, 1.82) is 0 Å². The van der Waals surface area contributed by atoms with Crippen LogP contribution in [-0.4, -0.2) is 70.0 Å². The molecule has 0 fully saturated rings. The molecule has 1 heterocycles. The fourth-order valence-electron chi connectivity index (χ4n) is 2.80. The van der Waals surface area contributed by atoms with Gasteiger partial charge in [0.15, 0.2) is 0 Å². The predicted molar refractivity (Wildman–Crippen MR) is 113 cm³/mol. The summed E-state index contributed by atoms with van der Waals surface area (Å²) < 4.78 is 0. The third kappa shape index (κ3) is 9.57. The summed E-state index contributed by atoms with van der Waals surface area (Å²) in [6, 6.07) is -2.91. The van der Waals surface area contributed by atoms with E-state index in [9.17, 15) is 24.3 Å². The largest absolute Gasteiger partial charge is 0.480 e. The molecule has 0 aliphatic heterocycles. The zero-order valence-corrected chi connectivity index (χ0v) is 17.9. The van der Waals surface area contributed by atoms with Crippen LogP contribution in [0.4, 0.5) is 0 Å². The van der Waals surface area contributed by atoms with Crippen LogP contribution in [0.2, 0.25) is 0 Å². The highest BCUT2D eigenvalue weighted by atomic mass is 16.4. The lowest BCUT2D eigenvalue weighted by atomic mass is 10.0. The molecule has 0 bridgehead atoms. The highest BCUT2D eigenvalue weighted by molar-refractivity contribution is 5.92. The number of carbonyl (C=O) groups excluding carboxylic acids is 3. The lowest BCUT2D eigenvalue weighted by molar-refractivity contribution is -0.143. The first-order valence-electron chi connectivity index (χ1n) is 10.2. The van der Waals surface area contributed by atoms with Crippen molar-refractivity contribution < 1.29 is 24.3 Å². The Kier molecular flexibility index (Phi) is 11.2. The SMILES string of the molecule is CC(C)C(NC(=O)C(CCCCN)NC(=O)CNC(=O)C(N)Cc1cnc[nH]1)C(=O)O. The number of aromatic amines is 1. The molecule has 0 aliphatic rings. The Hall–Kier alpha value is -2.99. The molecule has 1 aromatic rings. The zero-order chi connectivity index (χ0) is 23.4. The molecule has 174 valence electrons. The molecule has 0 saturated carbocycles. The maximum atomic E-state index is 12.6. The number of imidazole rings is 1. The minimum absolute atomic E-state index is 0.226. The van der Waals surface area contributed by atoms with Crippen molar-refractivity contribution in [1.82, 2.24) is 25.9 Å². The van der Waals surface area contributed by atoms with Crippen LogP contribution in [0.3, 0.4) is 0 Å². The molecule has 3 amide bonds. The smallest absolute Gasteiger partial charge is 0.326 e. The van der Waals surface area contributed by atoms with Crippen molar-refractivity contribution in [2.75, 3.05) is 13.1 Å². The first-order valence-corrected chi connectivity index (χ1v) is 10.2. The van der Waals surface area contributed by atoms with Gasteiger partial charge in [0.1, 0.15) is 12.1 Å². The Labute approximate surface area is 180 Å². The van der Waals surface area contributed by atoms with Crippen molar-refractivity contribution in [3.63, 3.8) is 0 Å². The Morgan fingerprint density at radius 1 is 1.16 bits per heavy atom. The molecule has 0 spiro atoms. The number of carboxylic acids is 1. The molecule has 0 saturated heterocycles. The van der Waals surface area contributed by atoms with Gasteiger partial charge in [-0.3, -0.25) is 14.4 Å². The number of rotatable bonds is 14. The van der Waals surface area contributed by atoms with E-state index < -0.39 is 41.8 Å². The number of nitrogens with two attached hydrogens (primary N) is 2. The molecule has 1 rings (SSSR count). The lowest BCUT2D eigenvalue weighted by Gasteiger charge is -2.23. The van der Waals surface area contributed by atoms with Crippen LogP contribution in [0, 0.1) is 5.92 Å². The van der Waals surface area contributed by atoms with E-state index in [0.717, 1.165) is 0 Å². The van der Waals surface area contributed by atoms with Crippen LogP contribution in [0.1, 0.15) is 38.8 Å². The van der Waals surface area contributed by atoms with Crippen LogP contribution in [0.5, 0.6) is 0 Å². The summed E-state index contributed by atoms with van der Waals surface area (Å²) in [6.07, 6.45) is 4.74. The number of aliphatic carboxylic acids is 1. The topological polar surface area (TPSA) is 205 Å². The summed E-state index contributed by atoms with van der Waals surface area (Å²) in [4.78, 5) is 55.0. The van der Waals surface area contributed by atoms with Crippen LogP contribution in [0.25, 0.3) is 0 Å². The minimum Gasteiger partial charge on any atom is -0.480 e. The maximum Gasteiger partial charge on any atom is 0.326 e. The number of carboxylic acid groups (broad SMARTS) is 1. The first-order chi connectivity index (χ1) is 14.6. The van der Waals surface area contributed by atoms with Gasteiger partial charge in [-0.1, -0.05) is 13.8 Å². The standard InChI is InChI=1S/C19H33N7O5/c1-11(2)16(19(30)31)26-18(29)14(5-3-4-6-20)25-15(27)9-23-17(28)13(21)7-12-8-22-10-24-12/h8,10-11,13-14,16H,3-7,9,20-21H2,1-2H3,(H,22,24)(H,23,28)(H,25,27)(H,26,29)(H,30,31). The average molecular weight is 440 g/mol. The summed E-state index contributed by atoms with van der Waals surface area (Å²) >= 11 is 0. The highest BCUT2D eigenvalue weighted by Gasteiger charge is 2.28. The van der Waals surface area contributed by atoms with Gasteiger partial charge in [0.05, 0.1) is 18.9 Å². The molecular formula is C19H33N7O5. The van der Waals surface area contributed by atoms with Gasteiger partial charge < -0.3 is 37.5 Å². The molecule has 3 unspecified atom stereocenters. The highest BCUT2D eigenvalue weighted by Crippen LogP contribution is 2.06. The van der Waals surface area contributed by atoms with Crippen LogP contribution < -0.4 is 27.4 Å². The zero-order valence-electron chi connectivity index (χ0n) is 17.9. The number of hydrogen-bond donors (Lipinski definition) is 7. The fourth-order valence-corrected chi connectivity index (χ4v) is 2.80. The summed E-state index contributed by atoms with van der Waals surface area (Å²) in [7, 11) is 0. The molecule has 0 radical (unpaired) electrons. The minimum atomic E-state index is -1.16. The van der Waals surface area contributed by atoms with Gasteiger partial charge in [-0.2, -0.15) is 0 Å². The number of amides is 3. The Morgan fingerprint density at radius 3 is 2.42 bits per heavy atom. The molecule has 1 aromatic heterocycles. The summed E-state index contributed by atoms with van der Waals surface area (Å²) in [5.41, 5.74) is 12.0. The van der Waals surface area contributed by atoms with E-state index in [1.165, 1.54) is 6.33 Å². The number of H-pyrrole nitrogens is 1. The van der Waals surface area contributed by atoms with Crippen molar-refractivity contribution in [2.45, 2.75) is 57.7 Å². The van der Waals surface area contributed by atoms with Gasteiger partial charge in [0.2, 0.25) is 17.7 Å². The van der Waals surface area contributed by atoms with Gasteiger partial charge in [-0.25, -0.2) is 9.78 Å². The van der Waals surface area contributed by atoms with E-state index >= 15 is 0 Å². The second kappa shape index (κ2) is 13.3. The number of nitrogens with one attached hydrogen (secondary N) is 4. The van der Waals surface area contributed by atoms with Gasteiger partial charge in [-0.05, 0) is 31.7 Å². The van der Waals surface area contributed by atoms with E-state index in [2.05, 4.69) is 25.9 Å². The average Bonchev–Trinajstić information content (AvgIpc) is 3.21. The summed E-state index contributed by atoms with van der Waals surface area (Å²) in [5, 5.41) is 16.7. The Bertz CT molecular complexity index is 723. The van der Waals surface area contributed by atoms with Crippen molar-refractivity contribution in [3.05, 3.63) is 18.2 Å². The van der Waals surface area contributed by atoms with Crippen molar-refractivity contribution in [2.24, 2.45) is 17.4 Å². The molecule has 12 heteroatoms. The van der Waals surface area contributed by atoms with E-state index in [4.69, 9.17) is 11.5 Å².